The van der Waals surface area contributed by atoms with E-state index in [0.717, 1.165) is 11.3 Å². The quantitative estimate of drug-likeness (QED) is 0.358. The van der Waals surface area contributed by atoms with Crippen LogP contribution >= 0.6 is 0 Å². The standard InChI is InChI=1S/C28H28N4O4/c1-35-22-13-14-25(36-2)23(17-22)27-24(19-32(31-27)21-11-7-4-8-12-21)28(34)30-18-26(33)29-16-15-20-9-5-3-6-10-20/h3-14,17,19H,15-16,18H2,1-2H3,(H,29,33)(H,30,34). The second-order valence-corrected chi connectivity index (χ2v) is 8.01. The molecule has 8 nitrogen and oxygen atoms in total. The van der Waals surface area contributed by atoms with E-state index in [0.29, 0.717) is 41.3 Å². The Balaban J connectivity index is 1.53. The van der Waals surface area contributed by atoms with E-state index in [9.17, 15) is 9.59 Å². The average molecular weight is 485 g/mol. The first-order chi connectivity index (χ1) is 17.6. The van der Waals surface area contributed by atoms with E-state index in [4.69, 9.17) is 9.47 Å². The van der Waals surface area contributed by atoms with Gasteiger partial charge in [-0.05, 0) is 42.3 Å². The number of aromatic nitrogens is 2. The number of carbonyl (C=O) groups excluding carboxylic acids is 2. The zero-order chi connectivity index (χ0) is 25.3. The summed E-state index contributed by atoms with van der Waals surface area (Å²) < 4.78 is 12.5. The van der Waals surface area contributed by atoms with Gasteiger partial charge >= 0.3 is 0 Å². The van der Waals surface area contributed by atoms with E-state index in [-0.39, 0.29) is 12.5 Å². The molecule has 8 heteroatoms. The van der Waals surface area contributed by atoms with E-state index in [1.54, 1.807) is 43.3 Å². The highest BCUT2D eigenvalue weighted by Gasteiger charge is 2.22. The molecule has 0 aliphatic carbocycles. The van der Waals surface area contributed by atoms with E-state index < -0.39 is 5.91 Å². The number of hydrogen-bond donors (Lipinski definition) is 2. The molecule has 4 rings (SSSR count). The predicted molar refractivity (Wildman–Crippen MR) is 138 cm³/mol. The smallest absolute Gasteiger partial charge is 0.255 e. The maximum absolute atomic E-state index is 13.2. The van der Waals surface area contributed by atoms with Gasteiger partial charge in [0.25, 0.3) is 5.91 Å². The Bertz CT molecular complexity index is 1320. The molecular weight excluding hydrogens is 456 g/mol. The van der Waals surface area contributed by atoms with Gasteiger partial charge < -0.3 is 20.1 Å². The third kappa shape index (κ3) is 5.90. The molecular formula is C28H28N4O4. The number of benzene rings is 3. The van der Waals surface area contributed by atoms with Crippen LogP contribution in [0.3, 0.4) is 0 Å². The minimum Gasteiger partial charge on any atom is -0.497 e. The van der Waals surface area contributed by atoms with Crippen LogP contribution in [-0.4, -0.2) is 48.9 Å². The molecule has 0 unspecified atom stereocenters. The molecule has 184 valence electrons. The highest BCUT2D eigenvalue weighted by atomic mass is 16.5. The topological polar surface area (TPSA) is 94.5 Å². The summed E-state index contributed by atoms with van der Waals surface area (Å²) in [7, 11) is 3.12. The third-order valence-electron chi connectivity index (χ3n) is 5.63. The number of amides is 2. The third-order valence-corrected chi connectivity index (χ3v) is 5.63. The van der Waals surface area contributed by atoms with Crippen molar-refractivity contribution in [1.29, 1.82) is 0 Å². The average Bonchev–Trinajstić information content (AvgIpc) is 3.38. The summed E-state index contributed by atoms with van der Waals surface area (Å²) in [6.07, 6.45) is 2.36. The van der Waals surface area contributed by atoms with Crippen LogP contribution in [-0.2, 0) is 11.2 Å². The van der Waals surface area contributed by atoms with Crippen LogP contribution in [0.2, 0.25) is 0 Å². The van der Waals surface area contributed by atoms with Crippen molar-refractivity contribution in [3.63, 3.8) is 0 Å². The largest absolute Gasteiger partial charge is 0.497 e. The molecule has 4 aromatic rings. The van der Waals surface area contributed by atoms with Crippen LogP contribution in [0.1, 0.15) is 15.9 Å². The lowest BCUT2D eigenvalue weighted by Crippen LogP contribution is -2.37. The van der Waals surface area contributed by atoms with Crippen molar-refractivity contribution in [2.24, 2.45) is 0 Å². The molecule has 2 amide bonds. The number of para-hydroxylation sites is 1. The van der Waals surface area contributed by atoms with E-state index in [1.165, 1.54) is 0 Å². The van der Waals surface area contributed by atoms with Gasteiger partial charge in [0.05, 0.1) is 32.0 Å². The van der Waals surface area contributed by atoms with Gasteiger partial charge in [-0.25, -0.2) is 4.68 Å². The molecule has 0 saturated heterocycles. The summed E-state index contributed by atoms with van der Waals surface area (Å²) in [5.41, 5.74) is 3.24. The lowest BCUT2D eigenvalue weighted by atomic mass is 10.1. The van der Waals surface area contributed by atoms with Crippen molar-refractivity contribution in [3.05, 3.63) is 96.2 Å². The Kier molecular flexibility index (Phi) is 7.97. The zero-order valence-electron chi connectivity index (χ0n) is 20.2. The summed E-state index contributed by atoms with van der Waals surface area (Å²) in [4.78, 5) is 25.6. The van der Waals surface area contributed by atoms with Crippen LogP contribution in [0.5, 0.6) is 11.5 Å². The molecule has 1 aromatic heterocycles. The van der Waals surface area contributed by atoms with Gasteiger partial charge in [0, 0.05) is 18.3 Å². The lowest BCUT2D eigenvalue weighted by molar-refractivity contribution is -0.120. The molecule has 0 fully saturated rings. The Morgan fingerprint density at radius 1 is 0.889 bits per heavy atom. The number of nitrogens with one attached hydrogen (secondary N) is 2. The van der Waals surface area contributed by atoms with E-state index in [2.05, 4.69) is 15.7 Å². The molecule has 0 aliphatic rings. The summed E-state index contributed by atoms with van der Waals surface area (Å²) >= 11 is 0. The fourth-order valence-corrected chi connectivity index (χ4v) is 3.76. The van der Waals surface area contributed by atoms with Gasteiger partial charge in [-0.3, -0.25) is 9.59 Å². The van der Waals surface area contributed by atoms with Crippen LogP contribution < -0.4 is 20.1 Å². The predicted octanol–water partition coefficient (Wildman–Crippen LogP) is 3.65. The molecule has 0 spiro atoms. The fraction of sp³-hybridized carbons (Fsp3) is 0.179. The number of ether oxygens (including phenoxy) is 2. The summed E-state index contributed by atoms with van der Waals surface area (Å²) in [6, 6.07) is 24.7. The van der Waals surface area contributed by atoms with Crippen LogP contribution in [0.4, 0.5) is 0 Å². The molecule has 3 aromatic carbocycles. The first-order valence-electron chi connectivity index (χ1n) is 11.6. The first-order valence-corrected chi connectivity index (χ1v) is 11.6. The summed E-state index contributed by atoms with van der Waals surface area (Å²) in [5, 5.41) is 10.2. The second-order valence-electron chi connectivity index (χ2n) is 8.01. The minimum atomic E-state index is -0.421. The minimum absolute atomic E-state index is 0.154. The highest BCUT2D eigenvalue weighted by Crippen LogP contribution is 2.35. The fourth-order valence-electron chi connectivity index (χ4n) is 3.76. The molecule has 1 heterocycles. The van der Waals surface area contributed by atoms with Crippen LogP contribution in [0.15, 0.2) is 85.1 Å². The number of hydrogen-bond acceptors (Lipinski definition) is 5. The Morgan fingerprint density at radius 2 is 1.61 bits per heavy atom. The van der Waals surface area contributed by atoms with Gasteiger partial charge in [-0.15, -0.1) is 0 Å². The first kappa shape index (κ1) is 24.5. The van der Waals surface area contributed by atoms with Crippen molar-refractivity contribution in [1.82, 2.24) is 20.4 Å². The van der Waals surface area contributed by atoms with Crippen molar-refractivity contribution in [2.75, 3.05) is 27.3 Å². The normalized spacial score (nSPS) is 10.5. The summed E-state index contributed by atoms with van der Waals surface area (Å²) in [5.74, 6) is 0.455. The monoisotopic (exact) mass is 484 g/mol. The van der Waals surface area contributed by atoms with Gasteiger partial charge in [-0.2, -0.15) is 5.10 Å². The second kappa shape index (κ2) is 11.7. The maximum Gasteiger partial charge on any atom is 0.255 e. The lowest BCUT2D eigenvalue weighted by Gasteiger charge is -2.11. The van der Waals surface area contributed by atoms with Crippen molar-refractivity contribution < 1.29 is 19.1 Å². The van der Waals surface area contributed by atoms with Crippen LogP contribution in [0, 0.1) is 0 Å². The number of nitrogens with zero attached hydrogens (tertiary/aromatic N) is 2. The molecule has 0 saturated carbocycles. The van der Waals surface area contributed by atoms with Gasteiger partial charge in [0.2, 0.25) is 5.91 Å². The Hall–Kier alpha value is -4.59. The molecule has 0 bridgehead atoms. The van der Waals surface area contributed by atoms with Crippen LogP contribution in [0.25, 0.3) is 16.9 Å². The van der Waals surface area contributed by atoms with Crippen molar-refractivity contribution in [2.45, 2.75) is 6.42 Å². The highest BCUT2D eigenvalue weighted by molar-refractivity contribution is 6.02. The Morgan fingerprint density at radius 3 is 2.31 bits per heavy atom. The Labute approximate surface area is 209 Å². The van der Waals surface area contributed by atoms with Gasteiger partial charge in [0.1, 0.15) is 17.2 Å². The molecule has 0 aliphatic heterocycles. The number of methoxy groups -OCH3 is 2. The molecule has 36 heavy (non-hydrogen) atoms. The van der Waals surface area contributed by atoms with E-state index >= 15 is 0 Å². The maximum atomic E-state index is 13.2. The molecule has 2 N–H and O–H groups in total. The number of carbonyl (C=O) groups is 2. The summed E-state index contributed by atoms with van der Waals surface area (Å²) in [6.45, 7) is 0.329. The number of rotatable bonds is 10. The van der Waals surface area contributed by atoms with E-state index in [1.807, 2.05) is 60.7 Å². The van der Waals surface area contributed by atoms with Crippen molar-refractivity contribution >= 4 is 11.8 Å². The molecule has 0 radical (unpaired) electrons. The zero-order valence-corrected chi connectivity index (χ0v) is 20.2. The van der Waals surface area contributed by atoms with Gasteiger partial charge in [0.15, 0.2) is 0 Å². The van der Waals surface area contributed by atoms with Crippen molar-refractivity contribution in [3.8, 4) is 28.4 Å². The van der Waals surface area contributed by atoms with Gasteiger partial charge in [-0.1, -0.05) is 48.5 Å². The SMILES string of the molecule is COc1ccc(OC)c(-c2nn(-c3ccccc3)cc2C(=O)NCC(=O)NCCc2ccccc2)c1. The molecule has 0 atom stereocenters.